The third kappa shape index (κ3) is 7.67. The molecule has 0 aromatic heterocycles. The van der Waals surface area contributed by atoms with Crippen LogP contribution in [0.25, 0.3) is 0 Å². The van der Waals surface area contributed by atoms with Crippen molar-refractivity contribution in [3.8, 4) is 11.5 Å². The highest BCUT2D eigenvalue weighted by Gasteiger charge is 2.33. The van der Waals surface area contributed by atoms with Gasteiger partial charge in [0.25, 0.3) is 0 Å². The van der Waals surface area contributed by atoms with E-state index < -0.39 is 5.60 Å². The molecule has 2 heterocycles. The maximum atomic E-state index is 13.4. The number of piperidine rings is 1. The number of ether oxygens (including phenoxy) is 3. The monoisotopic (exact) mass is 458 g/mol. The number of β-amino-alcohol motifs (C(OH)–C–C–N with tert-alkyl or cyclic N) is 1. The lowest BCUT2D eigenvalue weighted by molar-refractivity contribution is -0.0647. The van der Waals surface area contributed by atoms with Gasteiger partial charge in [0.2, 0.25) is 0 Å². The summed E-state index contributed by atoms with van der Waals surface area (Å²) in [6, 6.07) is 14.1. The highest BCUT2D eigenvalue weighted by Crippen LogP contribution is 2.21. The first-order chi connectivity index (χ1) is 16.1. The van der Waals surface area contributed by atoms with Crippen molar-refractivity contribution in [1.82, 2.24) is 9.80 Å². The van der Waals surface area contributed by atoms with Crippen molar-refractivity contribution < 1.29 is 23.7 Å². The van der Waals surface area contributed by atoms with Crippen LogP contribution in [0.4, 0.5) is 4.39 Å². The molecule has 0 saturated carbocycles. The van der Waals surface area contributed by atoms with Crippen molar-refractivity contribution >= 4 is 0 Å². The molecule has 0 spiro atoms. The summed E-state index contributed by atoms with van der Waals surface area (Å²) in [6.07, 6.45) is 3.91. The van der Waals surface area contributed by atoms with E-state index in [0.717, 1.165) is 17.9 Å². The average Bonchev–Trinajstić information content (AvgIpc) is 3.00. The number of rotatable bonds is 9. The molecule has 33 heavy (non-hydrogen) atoms. The topological polar surface area (TPSA) is 54.4 Å². The number of nitrogens with zero attached hydrogens (tertiary/aromatic N) is 2. The largest absolute Gasteiger partial charge is 0.492 e. The molecule has 0 bridgehead atoms. The summed E-state index contributed by atoms with van der Waals surface area (Å²) in [7, 11) is 0. The highest BCUT2D eigenvalue weighted by atomic mass is 19.1. The second-order valence-corrected chi connectivity index (χ2v) is 9.13. The van der Waals surface area contributed by atoms with Gasteiger partial charge in [0.05, 0.1) is 13.2 Å². The Morgan fingerprint density at radius 2 is 1.73 bits per heavy atom. The zero-order valence-corrected chi connectivity index (χ0v) is 19.3. The predicted octanol–water partition coefficient (Wildman–Crippen LogP) is 3.33. The van der Waals surface area contributed by atoms with Crippen LogP contribution in [0.15, 0.2) is 48.5 Å². The Hall–Kier alpha value is -2.19. The quantitative estimate of drug-likeness (QED) is 0.622. The highest BCUT2D eigenvalue weighted by molar-refractivity contribution is 5.28. The summed E-state index contributed by atoms with van der Waals surface area (Å²) in [6.45, 7) is 6.54. The molecular weight excluding hydrogens is 423 g/mol. The average molecular weight is 459 g/mol. The molecule has 0 radical (unpaired) electrons. The van der Waals surface area contributed by atoms with Crippen LogP contribution in [-0.4, -0.2) is 79.7 Å². The molecule has 0 amide bonds. The normalized spacial score (nSPS) is 22.6. The van der Waals surface area contributed by atoms with Gasteiger partial charge in [0.1, 0.15) is 36.1 Å². The van der Waals surface area contributed by atoms with E-state index in [2.05, 4.69) is 21.9 Å². The maximum Gasteiger partial charge on any atom is 0.134 e. The third-order valence-electron chi connectivity index (χ3n) is 6.17. The van der Waals surface area contributed by atoms with Crippen molar-refractivity contribution in [2.24, 2.45) is 0 Å². The molecule has 1 atom stereocenters. The number of aliphatic hydroxyl groups is 1. The fourth-order valence-corrected chi connectivity index (χ4v) is 4.46. The van der Waals surface area contributed by atoms with Crippen LogP contribution in [0.2, 0.25) is 0 Å². The fraction of sp³-hybridized carbons (Fsp3) is 0.538. The molecule has 2 saturated heterocycles. The summed E-state index contributed by atoms with van der Waals surface area (Å²) < 4.78 is 30.8. The minimum atomic E-state index is -1.18. The van der Waals surface area contributed by atoms with Crippen molar-refractivity contribution in [2.45, 2.75) is 31.4 Å². The van der Waals surface area contributed by atoms with Crippen LogP contribution in [0.3, 0.4) is 0 Å². The molecular formula is C26H35FN2O4. The van der Waals surface area contributed by atoms with Gasteiger partial charge < -0.3 is 19.3 Å². The van der Waals surface area contributed by atoms with E-state index in [1.165, 1.54) is 44.5 Å². The summed E-state index contributed by atoms with van der Waals surface area (Å²) in [5.74, 6) is 0.908. The van der Waals surface area contributed by atoms with Gasteiger partial charge in [-0.25, -0.2) is 4.39 Å². The SMILES string of the molecule is OC1(COc2cccc(F)c2)COCCN(Cc2cccc(OCCN3CCCCC3)c2)C1. The van der Waals surface area contributed by atoms with E-state index in [4.69, 9.17) is 14.2 Å². The molecule has 180 valence electrons. The number of hydrogen-bond donors (Lipinski definition) is 1. The molecule has 1 unspecified atom stereocenters. The lowest BCUT2D eigenvalue weighted by atomic mass is 10.1. The maximum absolute atomic E-state index is 13.4. The molecule has 2 aromatic carbocycles. The third-order valence-corrected chi connectivity index (χ3v) is 6.17. The Morgan fingerprint density at radius 1 is 0.939 bits per heavy atom. The Balaban J connectivity index is 1.29. The molecule has 7 heteroatoms. The van der Waals surface area contributed by atoms with Gasteiger partial charge >= 0.3 is 0 Å². The summed E-state index contributed by atoms with van der Waals surface area (Å²) >= 11 is 0. The molecule has 6 nitrogen and oxygen atoms in total. The molecule has 2 aliphatic heterocycles. The minimum Gasteiger partial charge on any atom is -0.492 e. The van der Waals surface area contributed by atoms with E-state index in [-0.39, 0.29) is 19.0 Å². The minimum absolute atomic E-state index is 0.0343. The first-order valence-electron chi connectivity index (χ1n) is 11.9. The standard InChI is InChI=1S/C26H35FN2O4/c27-23-7-5-9-25(17-23)33-21-26(30)19-29(12-14-31-20-26)18-22-6-4-8-24(16-22)32-15-13-28-10-2-1-3-11-28/h4-9,16-17,30H,1-3,10-15,18-21H2. The Kier molecular flexibility index (Phi) is 8.56. The van der Waals surface area contributed by atoms with E-state index in [0.29, 0.717) is 38.6 Å². The molecule has 1 N–H and O–H groups in total. The second kappa shape index (κ2) is 11.8. The van der Waals surface area contributed by atoms with Crippen molar-refractivity contribution in [2.75, 3.05) is 59.2 Å². The second-order valence-electron chi connectivity index (χ2n) is 9.13. The van der Waals surface area contributed by atoms with Crippen LogP contribution < -0.4 is 9.47 Å². The zero-order valence-electron chi connectivity index (χ0n) is 19.3. The van der Waals surface area contributed by atoms with Crippen LogP contribution in [0, 0.1) is 5.82 Å². The van der Waals surface area contributed by atoms with Gasteiger partial charge in [-0.15, -0.1) is 0 Å². The summed E-state index contributed by atoms with van der Waals surface area (Å²) in [5.41, 5.74) is -0.0495. The van der Waals surface area contributed by atoms with Crippen LogP contribution >= 0.6 is 0 Å². The number of halogens is 1. The van der Waals surface area contributed by atoms with Crippen LogP contribution in [-0.2, 0) is 11.3 Å². The van der Waals surface area contributed by atoms with Gasteiger partial charge in [-0.3, -0.25) is 9.80 Å². The fourth-order valence-electron chi connectivity index (χ4n) is 4.46. The number of hydrogen-bond acceptors (Lipinski definition) is 6. The van der Waals surface area contributed by atoms with Crippen LogP contribution in [0.1, 0.15) is 24.8 Å². The Morgan fingerprint density at radius 3 is 2.55 bits per heavy atom. The predicted molar refractivity (Wildman–Crippen MR) is 125 cm³/mol. The summed E-state index contributed by atoms with van der Waals surface area (Å²) in [4.78, 5) is 4.63. The molecule has 4 rings (SSSR count). The first kappa shape index (κ1) is 24.0. The van der Waals surface area contributed by atoms with E-state index in [1.807, 2.05) is 12.1 Å². The lowest BCUT2D eigenvalue weighted by Gasteiger charge is -2.30. The lowest BCUT2D eigenvalue weighted by Crippen LogP contribution is -2.48. The van der Waals surface area contributed by atoms with Crippen molar-refractivity contribution in [1.29, 1.82) is 0 Å². The van der Waals surface area contributed by atoms with Gasteiger partial charge in [-0.05, 0) is 55.8 Å². The van der Waals surface area contributed by atoms with Crippen LogP contribution in [0.5, 0.6) is 11.5 Å². The molecule has 0 aliphatic carbocycles. The van der Waals surface area contributed by atoms with Gasteiger partial charge in [-0.2, -0.15) is 0 Å². The summed E-state index contributed by atoms with van der Waals surface area (Å²) in [5, 5.41) is 11.1. The van der Waals surface area contributed by atoms with Crippen molar-refractivity contribution in [3.63, 3.8) is 0 Å². The van der Waals surface area contributed by atoms with E-state index in [9.17, 15) is 9.50 Å². The zero-order chi connectivity index (χ0) is 22.9. The number of likely N-dealkylation sites (tertiary alicyclic amines) is 1. The first-order valence-corrected chi connectivity index (χ1v) is 11.9. The van der Waals surface area contributed by atoms with Gasteiger partial charge in [-0.1, -0.05) is 24.6 Å². The van der Waals surface area contributed by atoms with Gasteiger partial charge in [0, 0.05) is 32.2 Å². The number of benzene rings is 2. The Labute approximate surface area is 195 Å². The van der Waals surface area contributed by atoms with E-state index in [1.54, 1.807) is 12.1 Å². The van der Waals surface area contributed by atoms with Gasteiger partial charge in [0.15, 0.2) is 0 Å². The van der Waals surface area contributed by atoms with E-state index >= 15 is 0 Å². The Bertz CT molecular complexity index is 877. The van der Waals surface area contributed by atoms with Crippen molar-refractivity contribution in [3.05, 3.63) is 59.9 Å². The smallest absolute Gasteiger partial charge is 0.134 e. The molecule has 2 fully saturated rings. The molecule has 2 aliphatic rings. The molecule has 2 aromatic rings.